The number of aryl methyl sites for hydroxylation is 1. The number of hydrazone groups is 1. The summed E-state index contributed by atoms with van der Waals surface area (Å²) in [4.78, 5) is 14.8. The maximum atomic E-state index is 12.4. The molecule has 1 fully saturated rings. The van der Waals surface area contributed by atoms with E-state index in [4.69, 9.17) is 11.6 Å². The molecule has 3 aromatic rings. The number of carbonyl (C=O) groups is 1. The predicted molar refractivity (Wildman–Crippen MR) is 123 cm³/mol. The highest BCUT2D eigenvalue weighted by molar-refractivity contribution is 6.30. The maximum absolute atomic E-state index is 12.4. The molecule has 5 nitrogen and oxygen atoms in total. The second kappa shape index (κ2) is 8.76. The van der Waals surface area contributed by atoms with E-state index in [-0.39, 0.29) is 5.91 Å². The van der Waals surface area contributed by atoms with Gasteiger partial charge in [0, 0.05) is 52.0 Å². The van der Waals surface area contributed by atoms with Gasteiger partial charge in [-0.1, -0.05) is 11.6 Å². The van der Waals surface area contributed by atoms with Crippen LogP contribution < -0.4 is 10.3 Å². The standard InChI is InChI=1S/C24H25ClN4O/c1-17-15-20(18(2)29(17)23-11-7-21(25)8-12-23)16-26-27-24(30)19-5-9-22(10-6-19)28-13-3-4-14-28/h5-12,15-16H,3-4,13-14H2,1-2H3,(H,27,30)/b26-16+. The summed E-state index contributed by atoms with van der Waals surface area (Å²) in [6.07, 6.45) is 4.15. The van der Waals surface area contributed by atoms with Crippen molar-refractivity contribution in [2.45, 2.75) is 26.7 Å². The van der Waals surface area contributed by atoms with Crippen LogP contribution in [0.15, 0.2) is 59.7 Å². The molecule has 0 spiro atoms. The Balaban J connectivity index is 1.43. The van der Waals surface area contributed by atoms with Gasteiger partial charge >= 0.3 is 0 Å². The van der Waals surface area contributed by atoms with Crippen molar-refractivity contribution in [3.63, 3.8) is 0 Å². The smallest absolute Gasteiger partial charge is 0.271 e. The summed E-state index contributed by atoms with van der Waals surface area (Å²) in [6, 6.07) is 17.5. The lowest BCUT2D eigenvalue weighted by molar-refractivity contribution is 0.0955. The lowest BCUT2D eigenvalue weighted by atomic mass is 10.2. The molecule has 0 atom stereocenters. The molecule has 4 rings (SSSR count). The zero-order valence-corrected chi connectivity index (χ0v) is 18.0. The summed E-state index contributed by atoms with van der Waals surface area (Å²) in [7, 11) is 0. The molecule has 0 unspecified atom stereocenters. The average Bonchev–Trinajstić information content (AvgIpc) is 3.38. The van der Waals surface area contributed by atoms with Gasteiger partial charge in [-0.2, -0.15) is 5.10 Å². The molecule has 0 bridgehead atoms. The fourth-order valence-corrected chi connectivity index (χ4v) is 4.06. The van der Waals surface area contributed by atoms with E-state index < -0.39 is 0 Å². The molecule has 2 heterocycles. The first-order valence-corrected chi connectivity index (χ1v) is 10.5. The Kier molecular flexibility index (Phi) is 5.91. The van der Waals surface area contributed by atoms with Crippen molar-refractivity contribution in [2.24, 2.45) is 5.10 Å². The van der Waals surface area contributed by atoms with Crippen LogP contribution in [0.1, 0.15) is 40.2 Å². The molecule has 154 valence electrons. The number of benzene rings is 2. The van der Waals surface area contributed by atoms with Crippen LogP contribution >= 0.6 is 11.6 Å². The number of halogens is 1. The highest BCUT2D eigenvalue weighted by atomic mass is 35.5. The van der Waals surface area contributed by atoms with E-state index in [9.17, 15) is 4.79 Å². The summed E-state index contributed by atoms with van der Waals surface area (Å²) in [5.74, 6) is -0.217. The van der Waals surface area contributed by atoms with Crippen LogP contribution in [0.3, 0.4) is 0 Å². The molecule has 0 saturated carbocycles. The van der Waals surface area contributed by atoms with Crippen LogP contribution in [0.4, 0.5) is 5.69 Å². The van der Waals surface area contributed by atoms with Gasteiger partial charge in [0.1, 0.15) is 0 Å². The first-order chi connectivity index (χ1) is 14.5. The summed E-state index contributed by atoms with van der Waals surface area (Å²) < 4.78 is 2.14. The molecule has 1 aromatic heterocycles. The van der Waals surface area contributed by atoms with Crippen LogP contribution in [0, 0.1) is 13.8 Å². The zero-order valence-electron chi connectivity index (χ0n) is 17.2. The largest absolute Gasteiger partial charge is 0.372 e. The van der Waals surface area contributed by atoms with Gasteiger partial charge in [0.25, 0.3) is 5.91 Å². The second-order valence-electron chi connectivity index (χ2n) is 7.58. The van der Waals surface area contributed by atoms with E-state index in [0.717, 1.165) is 35.7 Å². The van der Waals surface area contributed by atoms with Crippen molar-refractivity contribution in [3.8, 4) is 5.69 Å². The fourth-order valence-electron chi connectivity index (χ4n) is 3.93. The monoisotopic (exact) mass is 420 g/mol. The number of amides is 1. The van der Waals surface area contributed by atoms with Crippen LogP contribution in [-0.4, -0.2) is 29.8 Å². The Morgan fingerprint density at radius 2 is 1.63 bits per heavy atom. The van der Waals surface area contributed by atoms with Crippen LogP contribution in [0.25, 0.3) is 5.69 Å². The molecule has 1 amide bonds. The summed E-state index contributed by atoms with van der Waals surface area (Å²) >= 11 is 6.00. The number of rotatable bonds is 5. The van der Waals surface area contributed by atoms with Crippen LogP contribution in [0.2, 0.25) is 5.02 Å². The Morgan fingerprint density at radius 1 is 1.00 bits per heavy atom. The van der Waals surface area contributed by atoms with Crippen molar-refractivity contribution in [3.05, 3.63) is 82.1 Å². The Hall–Kier alpha value is -3.05. The van der Waals surface area contributed by atoms with Gasteiger partial charge in [-0.3, -0.25) is 4.79 Å². The molecule has 6 heteroatoms. The van der Waals surface area contributed by atoms with Gasteiger partial charge in [0.15, 0.2) is 0 Å². The third-order valence-corrected chi connectivity index (χ3v) is 5.78. The zero-order chi connectivity index (χ0) is 21.1. The normalized spacial score (nSPS) is 13.9. The van der Waals surface area contributed by atoms with E-state index in [1.165, 1.54) is 18.5 Å². The van der Waals surface area contributed by atoms with Crippen molar-refractivity contribution in [1.82, 2.24) is 9.99 Å². The van der Waals surface area contributed by atoms with Gasteiger partial charge in [-0.15, -0.1) is 0 Å². The van der Waals surface area contributed by atoms with Gasteiger partial charge in [0.2, 0.25) is 0 Å². The first kappa shape index (κ1) is 20.2. The minimum absolute atomic E-state index is 0.217. The summed E-state index contributed by atoms with van der Waals surface area (Å²) in [5.41, 5.74) is 8.51. The number of carbonyl (C=O) groups excluding carboxylic acids is 1. The topological polar surface area (TPSA) is 49.6 Å². The molecule has 0 aliphatic carbocycles. The Labute approximate surface area is 182 Å². The third kappa shape index (κ3) is 4.26. The number of aromatic nitrogens is 1. The number of hydrogen-bond donors (Lipinski definition) is 1. The third-order valence-electron chi connectivity index (χ3n) is 5.53. The van der Waals surface area contributed by atoms with Crippen molar-refractivity contribution >= 4 is 29.4 Å². The molecule has 2 aromatic carbocycles. The number of nitrogens with zero attached hydrogens (tertiary/aromatic N) is 3. The first-order valence-electron chi connectivity index (χ1n) is 10.2. The van der Waals surface area contributed by atoms with E-state index in [2.05, 4.69) is 20.0 Å². The van der Waals surface area contributed by atoms with Crippen molar-refractivity contribution in [2.75, 3.05) is 18.0 Å². The van der Waals surface area contributed by atoms with E-state index in [1.807, 2.05) is 68.4 Å². The van der Waals surface area contributed by atoms with E-state index in [1.54, 1.807) is 6.21 Å². The Morgan fingerprint density at radius 3 is 2.30 bits per heavy atom. The Bertz CT molecular complexity index is 1060. The lowest BCUT2D eigenvalue weighted by Crippen LogP contribution is -2.19. The molecular formula is C24H25ClN4O. The maximum Gasteiger partial charge on any atom is 0.271 e. The minimum Gasteiger partial charge on any atom is -0.372 e. The molecule has 1 aliphatic rings. The number of hydrogen-bond acceptors (Lipinski definition) is 3. The van der Waals surface area contributed by atoms with Gasteiger partial charge < -0.3 is 9.47 Å². The van der Waals surface area contributed by atoms with Crippen molar-refractivity contribution < 1.29 is 4.79 Å². The molecule has 1 N–H and O–H groups in total. The van der Waals surface area contributed by atoms with Gasteiger partial charge in [-0.05, 0) is 81.3 Å². The number of anilines is 1. The summed E-state index contributed by atoms with van der Waals surface area (Å²) in [6.45, 7) is 6.25. The second-order valence-corrected chi connectivity index (χ2v) is 8.01. The summed E-state index contributed by atoms with van der Waals surface area (Å²) in [5, 5.41) is 4.88. The minimum atomic E-state index is -0.217. The molecular weight excluding hydrogens is 396 g/mol. The van der Waals surface area contributed by atoms with E-state index in [0.29, 0.717) is 10.6 Å². The van der Waals surface area contributed by atoms with Gasteiger partial charge in [0.05, 0.1) is 6.21 Å². The SMILES string of the molecule is Cc1cc(/C=N/NC(=O)c2ccc(N3CCCC3)cc2)c(C)n1-c1ccc(Cl)cc1. The van der Waals surface area contributed by atoms with Crippen molar-refractivity contribution in [1.29, 1.82) is 0 Å². The molecule has 30 heavy (non-hydrogen) atoms. The average molecular weight is 421 g/mol. The quantitative estimate of drug-likeness (QED) is 0.460. The van der Waals surface area contributed by atoms with Crippen LogP contribution in [-0.2, 0) is 0 Å². The molecule has 1 aliphatic heterocycles. The molecule has 0 radical (unpaired) electrons. The predicted octanol–water partition coefficient (Wildman–Crippen LogP) is 5.11. The van der Waals surface area contributed by atoms with E-state index >= 15 is 0 Å². The highest BCUT2D eigenvalue weighted by Crippen LogP contribution is 2.22. The highest BCUT2D eigenvalue weighted by Gasteiger charge is 2.13. The van der Waals surface area contributed by atoms with Crippen LogP contribution in [0.5, 0.6) is 0 Å². The van der Waals surface area contributed by atoms with Gasteiger partial charge in [-0.25, -0.2) is 5.43 Å². The molecule has 1 saturated heterocycles. The fraction of sp³-hybridized carbons (Fsp3) is 0.250. The number of nitrogens with one attached hydrogen (secondary N) is 1. The lowest BCUT2D eigenvalue weighted by Gasteiger charge is -2.17.